The molecule has 3 aromatic rings. The fourth-order valence-electron chi connectivity index (χ4n) is 2.99. The quantitative estimate of drug-likeness (QED) is 0.332. The van der Waals surface area contributed by atoms with Gasteiger partial charge in [-0.25, -0.2) is 4.79 Å². The molecule has 178 valence electrons. The smallest absolute Gasteiger partial charge is 0.339 e. The van der Waals surface area contributed by atoms with Crippen LogP contribution >= 0.6 is 11.8 Å². The maximum atomic E-state index is 12.4. The van der Waals surface area contributed by atoms with Crippen LogP contribution in [0.25, 0.3) is 0 Å². The number of benzene rings is 2. The van der Waals surface area contributed by atoms with Gasteiger partial charge in [-0.15, -0.1) is 10.2 Å². The standard InChI is InChI=1S/C23H25N5O5S/c1-28-19(13-24-20(29)12-15-8-10-16(32-2)11-9-15)26-27-23(28)34-14-21(30)25-18-7-5-4-6-17(18)22(31)33-3/h4-11H,12-14H2,1-3H3,(H,24,29)(H,25,30). The first-order chi connectivity index (χ1) is 16.4. The lowest BCUT2D eigenvalue weighted by Crippen LogP contribution is -2.26. The van der Waals surface area contributed by atoms with Crippen molar-refractivity contribution in [2.24, 2.45) is 7.05 Å². The number of thioether (sulfide) groups is 1. The zero-order chi connectivity index (χ0) is 24.5. The van der Waals surface area contributed by atoms with Crippen molar-refractivity contribution in [2.45, 2.75) is 18.1 Å². The Balaban J connectivity index is 1.50. The van der Waals surface area contributed by atoms with Gasteiger partial charge in [0.1, 0.15) is 5.75 Å². The number of methoxy groups -OCH3 is 2. The van der Waals surface area contributed by atoms with E-state index in [1.165, 1.54) is 18.9 Å². The first-order valence-corrected chi connectivity index (χ1v) is 11.3. The molecule has 1 aromatic heterocycles. The van der Waals surface area contributed by atoms with E-state index in [9.17, 15) is 14.4 Å². The Bertz CT molecular complexity index is 1160. The SMILES string of the molecule is COC(=O)c1ccccc1NC(=O)CSc1nnc(CNC(=O)Cc2ccc(OC)cc2)n1C. The summed E-state index contributed by atoms with van der Waals surface area (Å²) >= 11 is 1.19. The zero-order valence-electron chi connectivity index (χ0n) is 19.0. The van der Waals surface area contributed by atoms with Crippen LogP contribution in [0.4, 0.5) is 5.69 Å². The number of amides is 2. The predicted molar refractivity (Wildman–Crippen MR) is 127 cm³/mol. The van der Waals surface area contributed by atoms with Gasteiger partial charge < -0.3 is 24.7 Å². The van der Waals surface area contributed by atoms with Crippen LogP contribution in [0.5, 0.6) is 5.75 Å². The molecule has 34 heavy (non-hydrogen) atoms. The van der Waals surface area contributed by atoms with Gasteiger partial charge in [0.2, 0.25) is 11.8 Å². The lowest BCUT2D eigenvalue weighted by molar-refractivity contribution is -0.120. The van der Waals surface area contributed by atoms with E-state index in [1.807, 2.05) is 12.1 Å². The summed E-state index contributed by atoms with van der Waals surface area (Å²) in [7, 11) is 4.63. The second kappa shape index (κ2) is 11.8. The van der Waals surface area contributed by atoms with E-state index in [0.717, 1.165) is 11.3 Å². The summed E-state index contributed by atoms with van der Waals surface area (Å²) in [6.07, 6.45) is 0.233. The third-order valence-corrected chi connectivity index (χ3v) is 5.85. The topological polar surface area (TPSA) is 124 Å². The third kappa shape index (κ3) is 6.58. The van der Waals surface area contributed by atoms with E-state index in [2.05, 4.69) is 20.8 Å². The fourth-order valence-corrected chi connectivity index (χ4v) is 3.72. The number of esters is 1. The zero-order valence-corrected chi connectivity index (χ0v) is 19.8. The fraction of sp³-hybridized carbons (Fsp3) is 0.261. The molecular formula is C23H25N5O5S. The minimum Gasteiger partial charge on any atom is -0.497 e. The van der Waals surface area contributed by atoms with Gasteiger partial charge in [-0.1, -0.05) is 36.0 Å². The molecule has 0 aliphatic heterocycles. The van der Waals surface area contributed by atoms with Gasteiger partial charge in [0, 0.05) is 7.05 Å². The summed E-state index contributed by atoms with van der Waals surface area (Å²) in [5, 5.41) is 14.2. The van der Waals surface area contributed by atoms with Gasteiger partial charge >= 0.3 is 5.97 Å². The van der Waals surface area contributed by atoms with Crippen LogP contribution in [0.3, 0.4) is 0 Å². The molecule has 0 aliphatic carbocycles. The number of carbonyl (C=O) groups excluding carboxylic acids is 3. The highest BCUT2D eigenvalue weighted by Crippen LogP contribution is 2.19. The van der Waals surface area contributed by atoms with Crippen molar-refractivity contribution in [3.63, 3.8) is 0 Å². The van der Waals surface area contributed by atoms with Crippen molar-refractivity contribution >= 4 is 35.2 Å². The first kappa shape index (κ1) is 24.8. The number of carbonyl (C=O) groups is 3. The predicted octanol–water partition coefficient (Wildman–Crippen LogP) is 2.20. The molecule has 0 spiro atoms. The highest BCUT2D eigenvalue weighted by Gasteiger charge is 2.16. The third-order valence-electron chi connectivity index (χ3n) is 4.83. The van der Waals surface area contributed by atoms with Crippen molar-refractivity contribution in [3.05, 3.63) is 65.5 Å². The molecule has 11 heteroatoms. The van der Waals surface area contributed by atoms with E-state index < -0.39 is 5.97 Å². The normalized spacial score (nSPS) is 10.4. The number of ether oxygens (including phenoxy) is 2. The molecule has 0 saturated carbocycles. The summed E-state index contributed by atoms with van der Waals surface area (Å²) < 4.78 is 11.6. The minimum atomic E-state index is -0.532. The highest BCUT2D eigenvalue weighted by molar-refractivity contribution is 7.99. The Hall–Kier alpha value is -3.86. The summed E-state index contributed by atoms with van der Waals surface area (Å²) in [4.78, 5) is 36.5. The van der Waals surface area contributed by atoms with E-state index in [0.29, 0.717) is 16.7 Å². The number of rotatable bonds is 10. The van der Waals surface area contributed by atoms with Crippen LogP contribution in [0.2, 0.25) is 0 Å². The van der Waals surface area contributed by atoms with E-state index >= 15 is 0 Å². The molecule has 0 bridgehead atoms. The number of hydrogen-bond acceptors (Lipinski definition) is 8. The number of hydrogen-bond donors (Lipinski definition) is 2. The van der Waals surface area contributed by atoms with Crippen molar-refractivity contribution in [1.29, 1.82) is 0 Å². The van der Waals surface area contributed by atoms with Crippen LogP contribution in [0.15, 0.2) is 53.7 Å². The maximum absolute atomic E-state index is 12.4. The average molecular weight is 484 g/mol. The number of nitrogens with one attached hydrogen (secondary N) is 2. The van der Waals surface area contributed by atoms with Crippen LogP contribution < -0.4 is 15.4 Å². The van der Waals surface area contributed by atoms with Crippen LogP contribution in [0.1, 0.15) is 21.7 Å². The van der Waals surface area contributed by atoms with Crippen LogP contribution in [0, 0.1) is 0 Å². The lowest BCUT2D eigenvalue weighted by Gasteiger charge is -2.09. The Morgan fingerprint density at radius 2 is 1.74 bits per heavy atom. The van der Waals surface area contributed by atoms with Gasteiger partial charge in [-0.3, -0.25) is 9.59 Å². The molecule has 3 rings (SSSR count). The summed E-state index contributed by atoms with van der Waals surface area (Å²) in [5.41, 5.74) is 1.51. The molecule has 2 aromatic carbocycles. The van der Waals surface area contributed by atoms with Crippen molar-refractivity contribution in [1.82, 2.24) is 20.1 Å². The molecule has 0 unspecified atom stereocenters. The lowest BCUT2D eigenvalue weighted by atomic mass is 10.1. The molecule has 0 atom stereocenters. The Labute approximate surface area is 201 Å². The van der Waals surface area contributed by atoms with Gasteiger partial charge in [-0.05, 0) is 29.8 Å². The van der Waals surface area contributed by atoms with Crippen molar-refractivity contribution < 1.29 is 23.9 Å². The number of aromatic nitrogens is 3. The molecule has 0 radical (unpaired) electrons. The molecule has 0 aliphatic rings. The Morgan fingerprint density at radius 1 is 1.00 bits per heavy atom. The highest BCUT2D eigenvalue weighted by atomic mass is 32.2. The number of nitrogens with zero attached hydrogens (tertiary/aromatic N) is 3. The molecule has 0 saturated heterocycles. The van der Waals surface area contributed by atoms with Crippen LogP contribution in [-0.4, -0.2) is 52.5 Å². The summed E-state index contributed by atoms with van der Waals surface area (Å²) in [5.74, 6) is 0.364. The largest absolute Gasteiger partial charge is 0.497 e. The molecular weight excluding hydrogens is 458 g/mol. The average Bonchev–Trinajstić information content (AvgIpc) is 3.21. The second-order valence-corrected chi connectivity index (χ2v) is 8.08. The molecule has 0 fully saturated rings. The summed E-state index contributed by atoms with van der Waals surface area (Å²) in [6, 6.07) is 13.9. The maximum Gasteiger partial charge on any atom is 0.339 e. The summed E-state index contributed by atoms with van der Waals surface area (Å²) in [6.45, 7) is 0.206. The molecule has 1 heterocycles. The second-order valence-electron chi connectivity index (χ2n) is 7.13. The van der Waals surface area contributed by atoms with Crippen LogP contribution in [-0.2, 0) is 34.3 Å². The van der Waals surface area contributed by atoms with E-state index in [1.54, 1.807) is 55.1 Å². The Morgan fingerprint density at radius 3 is 2.44 bits per heavy atom. The monoisotopic (exact) mass is 483 g/mol. The molecule has 2 N–H and O–H groups in total. The first-order valence-electron chi connectivity index (χ1n) is 10.3. The van der Waals surface area contributed by atoms with Gasteiger partial charge in [0.25, 0.3) is 0 Å². The van der Waals surface area contributed by atoms with E-state index in [-0.39, 0.29) is 36.1 Å². The van der Waals surface area contributed by atoms with Gasteiger partial charge in [0.15, 0.2) is 11.0 Å². The van der Waals surface area contributed by atoms with Crippen molar-refractivity contribution in [3.8, 4) is 5.75 Å². The Kier molecular flexibility index (Phi) is 8.63. The number of para-hydroxylation sites is 1. The van der Waals surface area contributed by atoms with Crippen molar-refractivity contribution in [2.75, 3.05) is 25.3 Å². The van der Waals surface area contributed by atoms with E-state index in [4.69, 9.17) is 9.47 Å². The number of anilines is 1. The minimum absolute atomic E-state index is 0.0608. The van der Waals surface area contributed by atoms with Gasteiger partial charge in [0.05, 0.1) is 44.2 Å². The van der Waals surface area contributed by atoms with Gasteiger partial charge in [-0.2, -0.15) is 0 Å². The molecule has 2 amide bonds. The molecule has 10 nitrogen and oxygen atoms in total.